The fraction of sp³-hybridized carbons (Fsp3) is 0.394. The van der Waals surface area contributed by atoms with Crippen LogP contribution in [0.3, 0.4) is 0 Å². The highest BCUT2D eigenvalue weighted by molar-refractivity contribution is 5.99. The number of carbonyl (C=O) groups is 4. The summed E-state index contributed by atoms with van der Waals surface area (Å²) < 4.78 is 10.0. The summed E-state index contributed by atoms with van der Waals surface area (Å²) in [5, 5.41) is 10.3. The molecular weight excluding hydrogens is 548 g/mol. The number of hydrogen-bond donors (Lipinski definition) is 3. The summed E-state index contributed by atoms with van der Waals surface area (Å²) in [7, 11) is 1.25. The number of nitrogens with zero attached hydrogens (tertiary/aromatic N) is 1. The van der Waals surface area contributed by atoms with Crippen molar-refractivity contribution in [2.45, 2.75) is 65.1 Å². The van der Waals surface area contributed by atoms with Crippen molar-refractivity contribution in [1.29, 1.82) is 0 Å². The maximum Gasteiger partial charge on any atom is 0.412 e. The molecule has 3 aromatic rings. The quantitative estimate of drug-likeness (QED) is 0.303. The summed E-state index contributed by atoms with van der Waals surface area (Å²) in [4.78, 5) is 51.9. The molecule has 0 radical (unpaired) electrons. The first-order valence-electron chi connectivity index (χ1n) is 14.4. The van der Waals surface area contributed by atoms with Gasteiger partial charge in [0.1, 0.15) is 17.7 Å². The first-order chi connectivity index (χ1) is 20.3. The predicted molar refractivity (Wildman–Crippen MR) is 167 cm³/mol. The number of ether oxygens (including phenoxy) is 2. The highest BCUT2D eigenvalue weighted by atomic mass is 16.6. The van der Waals surface area contributed by atoms with E-state index in [2.05, 4.69) is 26.8 Å². The number of carbonyl (C=O) groups excluding carboxylic acids is 4. The molecule has 0 bridgehead atoms. The van der Waals surface area contributed by atoms with E-state index in [1.807, 2.05) is 89.2 Å². The summed E-state index contributed by atoms with van der Waals surface area (Å²) in [5.41, 5.74) is 2.67. The van der Waals surface area contributed by atoms with Gasteiger partial charge in [0.05, 0.1) is 7.11 Å². The lowest BCUT2D eigenvalue weighted by Gasteiger charge is -2.30. The highest BCUT2D eigenvalue weighted by Gasteiger charge is 2.38. The molecule has 4 rings (SSSR count). The van der Waals surface area contributed by atoms with Crippen LogP contribution in [0.5, 0.6) is 0 Å². The van der Waals surface area contributed by atoms with Gasteiger partial charge >= 0.3 is 12.2 Å². The number of anilines is 2. The molecular formula is C33H40N4O6. The summed E-state index contributed by atoms with van der Waals surface area (Å²) in [6, 6.07) is 17.9. The van der Waals surface area contributed by atoms with Gasteiger partial charge in [-0.15, -0.1) is 0 Å². The van der Waals surface area contributed by atoms with Crippen molar-refractivity contribution in [3.8, 4) is 11.1 Å². The minimum absolute atomic E-state index is 0.172. The summed E-state index contributed by atoms with van der Waals surface area (Å²) >= 11 is 0. The molecule has 10 heteroatoms. The second-order valence-electron chi connectivity index (χ2n) is 12.0. The molecule has 1 saturated heterocycles. The lowest BCUT2D eigenvalue weighted by atomic mass is 10.0. The number of amides is 4. The van der Waals surface area contributed by atoms with Gasteiger partial charge in [-0.2, -0.15) is 0 Å². The Hall–Kier alpha value is -4.60. The molecule has 4 amide bonds. The Bertz CT molecular complexity index is 1500. The molecule has 228 valence electrons. The highest BCUT2D eigenvalue weighted by Crippen LogP contribution is 2.28. The molecule has 0 aliphatic carbocycles. The van der Waals surface area contributed by atoms with Gasteiger partial charge < -0.3 is 25.0 Å². The van der Waals surface area contributed by atoms with Gasteiger partial charge in [-0.25, -0.2) is 9.59 Å². The molecule has 3 N–H and O–H groups in total. The van der Waals surface area contributed by atoms with Crippen LogP contribution in [-0.4, -0.2) is 60.2 Å². The second kappa shape index (κ2) is 13.1. The Balaban J connectivity index is 1.41. The Morgan fingerprint density at radius 1 is 0.837 bits per heavy atom. The van der Waals surface area contributed by atoms with Crippen LogP contribution < -0.4 is 16.0 Å². The SMILES string of the molecule is COC(=O)NC(C(=O)N1CCCC1C(=O)Nc1ccc(-c2ccc3cc(NC(=O)OC(C)(C)C)ccc3c2)cc1)C(C)C. The molecule has 1 aliphatic rings. The Morgan fingerprint density at radius 2 is 1.47 bits per heavy atom. The zero-order valence-electron chi connectivity index (χ0n) is 25.5. The van der Waals surface area contributed by atoms with Crippen molar-refractivity contribution in [1.82, 2.24) is 10.2 Å². The van der Waals surface area contributed by atoms with Gasteiger partial charge in [-0.05, 0) is 91.8 Å². The first kappa shape index (κ1) is 31.3. The maximum absolute atomic E-state index is 13.3. The van der Waals surface area contributed by atoms with Crippen LogP contribution >= 0.6 is 0 Å². The number of likely N-dealkylation sites (tertiary alicyclic amines) is 1. The molecule has 3 aromatic carbocycles. The largest absolute Gasteiger partial charge is 0.453 e. The Morgan fingerprint density at radius 3 is 2.12 bits per heavy atom. The second-order valence-corrected chi connectivity index (χ2v) is 12.0. The first-order valence-corrected chi connectivity index (χ1v) is 14.4. The maximum atomic E-state index is 13.3. The zero-order valence-corrected chi connectivity index (χ0v) is 25.5. The van der Waals surface area contributed by atoms with Gasteiger partial charge in [0.25, 0.3) is 0 Å². The molecule has 43 heavy (non-hydrogen) atoms. The number of alkyl carbamates (subject to hydrolysis) is 1. The third kappa shape index (κ3) is 8.03. The molecule has 0 spiro atoms. The summed E-state index contributed by atoms with van der Waals surface area (Å²) in [5.74, 6) is -0.729. The van der Waals surface area contributed by atoms with E-state index in [4.69, 9.17) is 4.74 Å². The molecule has 2 unspecified atom stereocenters. The van der Waals surface area contributed by atoms with Gasteiger partial charge in [0.2, 0.25) is 11.8 Å². The molecule has 10 nitrogen and oxygen atoms in total. The van der Waals surface area contributed by atoms with Gasteiger partial charge in [0, 0.05) is 17.9 Å². The van der Waals surface area contributed by atoms with E-state index in [1.54, 1.807) is 4.90 Å². The van der Waals surface area contributed by atoms with E-state index in [1.165, 1.54) is 7.11 Å². The molecule has 2 atom stereocenters. The Labute approximate surface area is 252 Å². The summed E-state index contributed by atoms with van der Waals surface area (Å²) in [6.07, 6.45) is 0.0637. The van der Waals surface area contributed by atoms with Crippen LogP contribution in [0.25, 0.3) is 21.9 Å². The van der Waals surface area contributed by atoms with Crippen molar-refractivity contribution in [2.75, 3.05) is 24.3 Å². The molecule has 1 heterocycles. The van der Waals surface area contributed by atoms with Crippen LogP contribution in [0.15, 0.2) is 60.7 Å². The third-order valence-electron chi connectivity index (χ3n) is 7.20. The molecule has 1 fully saturated rings. The van der Waals surface area contributed by atoms with E-state index < -0.39 is 29.9 Å². The number of fused-ring (bicyclic) bond motifs is 1. The van der Waals surface area contributed by atoms with E-state index in [9.17, 15) is 19.2 Å². The van der Waals surface area contributed by atoms with E-state index in [0.29, 0.717) is 30.8 Å². The van der Waals surface area contributed by atoms with Gasteiger partial charge in [0.15, 0.2) is 0 Å². The van der Waals surface area contributed by atoms with Crippen molar-refractivity contribution in [3.63, 3.8) is 0 Å². The molecule has 0 aromatic heterocycles. The smallest absolute Gasteiger partial charge is 0.412 e. The fourth-order valence-electron chi connectivity index (χ4n) is 5.08. The topological polar surface area (TPSA) is 126 Å². The standard InChI is InChI=1S/C33H40N4O6/c1-20(2)28(36-31(40)42-6)30(39)37-17-7-8-27(37)29(38)34-25-14-11-21(12-15-25)22-9-10-24-19-26(16-13-23(24)18-22)35-32(41)43-33(3,4)5/h9-16,18-20,27-28H,7-8,17H2,1-6H3,(H,34,38)(H,35,41)(H,36,40). The van der Waals surface area contributed by atoms with E-state index in [-0.39, 0.29) is 17.7 Å². The predicted octanol–water partition coefficient (Wildman–Crippen LogP) is 6.16. The van der Waals surface area contributed by atoms with Crippen molar-refractivity contribution in [3.05, 3.63) is 60.7 Å². The fourth-order valence-corrected chi connectivity index (χ4v) is 5.08. The van der Waals surface area contributed by atoms with Gasteiger partial charge in [-0.1, -0.05) is 44.2 Å². The lowest BCUT2D eigenvalue weighted by molar-refractivity contribution is -0.139. The third-order valence-corrected chi connectivity index (χ3v) is 7.20. The van der Waals surface area contributed by atoms with Crippen LogP contribution in [-0.2, 0) is 19.1 Å². The molecule has 1 aliphatic heterocycles. The lowest BCUT2D eigenvalue weighted by Crippen LogP contribution is -2.54. The average molecular weight is 589 g/mol. The summed E-state index contributed by atoms with van der Waals surface area (Å²) in [6.45, 7) is 9.57. The molecule has 0 saturated carbocycles. The van der Waals surface area contributed by atoms with Crippen molar-refractivity contribution >= 4 is 46.1 Å². The number of benzene rings is 3. The van der Waals surface area contributed by atoms with E-state index >= 15 is 0 Å². The zero-order chi connectivity index (χ0) is 31.3. The van der Waals surface area contributed by atoms with Crippen LogP contribution in [0.2, 0.25) is 0 Å². The van der Waals surface area contributed by atoms with Crippen LogP contribution in [0, 0.1) is 5.92 Å². The number of hydrogen-bond acceptors (Lipinski definition) is 6. The monoisotopic (exact) mass is 588 g/mol. The van der Waals surface area contributed by atoms with Crippen LogP contribution in [0.4, 0.5) is 21.0 Å². The van der Waals surface area contributed by atoms with Crippen molar-refractivity contribution < 1.29 is 28.7 Å². The number of nitrogens with one attached hydrogen (secondary N) is 3. The van der Waals surface area contributed by atoms with Gasteiger partial charge in [-0.3, -0.25) is 14.9 Å². The minimum atomic E-state index is -0.782. The average Bonchev–Trinajstić information content (AvgIpc) is 3.45. The normalized spacial score (nSPS) is 15.6. The number of methoxy groups -OCH3 is 1. The van der Waals surface area contributed by atoms with E-state index in [0.717, 1.165) is 21.9 Å². The number of rotatable bonds is 7. The Kier molecular flexibility index (Phi) is 9.58. The van der Waals surface area contributed by atoms with Crippen LogP contribution in [0.1, 0.15) is 47.5 Å². The van der Waals surface area contributed by atoms with Crippen molar-refractivity contribution in [2.24, 2.45) is 5.92 Å². The minimum Gasteiger partial charge on any atom is -0.453 e.